The third kappa shape index (κ3) is 4.18. The van der Waals surface area contributed by atoms with Crippen molar-refractivity contribution in [1.29, 1.82) is 0 Å². The van der Waals surface area contributed by atoms with Gasteiger partial charge in [0.1, 0.15) is 6.04 Å². The van der Waals surface area contributed by atoms with Crippen molar-refractivity contribution in [2.24, 2.45) is 0 Å². The Balaban J connectivity index is 1.66. The third-order valence-electron chi connectivity index (χ3n) is 4.32. The second kappa shape index (κ2) is 7.52. The van der Waals surface area contributed by atoms with E-state index in [4.69, 9.17) is 16.6 Å². The molecule has 1 unspecified atom stereocenters. The van der Waals surface area contributed by atoms with Gasteiger partial charge in [0.2, 0.25) is 0 Å². The van der Waals surface area contributed by atoms with Gasteiger partial charge in [-0.1, -0.05) is 23.7 Å². The molecule has 3 rings (SSSR count). The predicted octanol–water partition coefficient (Wildman–Crippen LogP) is 3.47. The van der Waals surface area contributed by atoms with E-state index in [1.165, 1.54) is 4.70 Å². The number of likely N-dealkylation sites (N-methyl/N-ethyl adjacent to an activating group) is 1. The number of halogens is 1. The van der Waals surface area contributed by atoms with Crippen molar-refractivity contribution < 1.29 is 9.69 Å². The van der Waals surface area contributed by atoms with Crippen LogP contribution in [0.2, 0.25) is 5.02 Å². The van der Waals surface area contributed by atoms with Gasteiger partial charge >= 0.3 is 0 Å². The van der Waals surface area contributed by atoms with Gasteiger partial charge in [-0.15, -0.1) is 11.3 Å². The van der Waals surface area contributed by atoms with Gasteiger partial charge in [-0.2, -0.15) is 0 Å². The Labute approximate surface area is 156 Å². The van der Waals surface area contributed by atoms with Gasteiger partial charge in [-0.25, -0.2) is 4.98 Å². The normalized spacial score (nSPS) is 13.6. The summed E-state index contributed by atoms with van der Waals surface area (Å²) in [5.74, 6) is -0.0177. The smallest absolute Gasteiger partial charge is 0.279 e. The minimum atomic E-state index is -0.0177. The van der Waals surface area contributed by atoms with Crippen LogP contribution in [0, 0.1) is 6.92 Å². The number of carbonyl (C=O) groups excluding carboxylic acids is 1. The zero-order valence-corrected chi connectivity index (χ0v) is 16.0. The number of aromatic nitrogens is 1. The Morgan fingerprint density at radius 3 is 2.80 bits per heavy atom. The number of aryl methyl sites for hydroxylation is 1. The quantitative estimate of drug-likeness (QED) is 0.718. The second-order valence-corrected chi connectivity index (χ2v) is 7.77. The van der Waals surface area contributed by atoms with Crippen LogP contribution >= 0.6 is 22.9 Å². The minimum Gasteiger partial charge on any atom is -0.322 e. The minimum absolute atomic E-state index is 0.0177. The van der Waals surface area contributed by atoms with Crippen LogP contribution in [0.3, 0.4) is 0 Å². The highest BCUT2D eigenvalue weighted by atomic mass is 35.5. The van der Waals surface area contributed by atoms with Crippen LogP contribution in [0.25, 0.3) is 10.2 Å². The van der Waals surface area contributed by atoms with Gasteiger partial charge in [0.05, 0.1) is 17.3 Å². The molecule has 2 atom stereocenters. The Bertz CT molecular complexity index is 876. The standard InChI is InChI=1S/C19H20ClN3OS/c1-12-10-14(20)8-9-15(12)21-18(24)11-23(3)13(2)19-22-16-6-4-5-7-17(16)25-19/h4-10,13H,11H2,1-3H3,(H,21,24)/p+1/t13-/m1/s1. The molecule has 4 nitrogen and oxygen atoms in total. The zero-order valence-electron chi connectivity index (χ0n) is 14.5. The molecule has 0 aliphatic heterocycles. The molecule has 0 spiro atoms. The monoisotopic (exact) mass is 374 g/mol. The Morgan fingerprint density at radius 1 is 1.32 bits per heavy atom. The lowest BCUT2D eigenvalue weighted by molar-refractivity contribution is -0.902. The van der Waals surface area contributed by atoms with E-state index in [-0.39, 0.29) is 11.9 Å². The van der Waals surface area contributed by atoms with Crippen molar-refractivity contribution in [2.45, 2.75) is 19.9 Å². The van der Waals surface area contributed by atoms with Crippen molar-refractivity contribution in [2.75, 3.05) is 18.9 Å². The Hall–Kier alpha value is -1.95. The van der Waals surface area contributed by atoms with Crippen LogP contribution in [0.5, 0.6) is 0 Å². The number of fused-ring (bicyclic) bond motifs is 1. The van der Waals surface area contributed by atoms with Gasteiger partial charge < -0.3 is 10.2 Å². The lowest BCUT2D eigenvalue weighted by Gasteiger charge is -2.19. The average Bonchev–Trinajstić information content (AvgIpc) is 3.00. The van der Waals surface area contributed by atoms with E-state index in [0.717, 1.165) is 26.7 Å². The Kier molecular flexibility index (Phi) is 5.37. The summed E-state index contributed by atoms with van der Waals surface area (Å²) in [7, 11) is 2.02. The van der Waals surface area contributed by atoms with Crippen LogP contribution in [0.1, 0.15) is 23.5 Å². The Morgan fingerprint density at radius 2 is 2.08 bits per heavy atom. The maximum Gasteiger partial charge on any atom is 0.279 e. The average molecular weight is 375 g/mol. The first kappa shape index (κ1) is 17.9. The first-order valence-corrected chi connectivity index (χ1v) is 9.37. The number of rotatable bonds is 5. The van der Waals surface area contributed by atoms with Crippen molar-refractivity contribution in [1.82, 2.24) is 4.98 Å². The molecule has 25 heavy (non-hydrogen) atoms. The number of anilines is 1. The summed E-state index contributed by atoms with van der Waals surface area (Å²) < 4.78 is 1.18. The van der Waals surface area contributed by atoms with E-state index in [1.807, 2.05) is 44.3 Å². The summed E-state index contributed by atoms with van der Waals surface area (Å²) in [6.45, 7) is 4.41. The molecule has 1 aromatic heterocycles. The van der Waals surface area contributed by atoms with E-state index >= 15 is 0 Å². The summed E-state index contributed by atoms with van der Waals surface area (Å²) >= 11 is 7.65. The molecule has 1 heterocycles. The van der Waals surface area contributed by atoms with E-state index in [9.17, 15) is 4.79 Å². The number of para-hydroxylation sites is 1. The molecule has 0 bridgehead atoms. The zero-order chi connectivity index (χ0) is 18.0. The number of amides is 1. The van der Waals surface area contributed by atoms with Gasteiger partial charge in [0.15, 0.2) is 11.6 Å². The number of carbonyl (C=O) groups is 1. The van der Waals surface area contributed by atoms with Crippen LogP contribution in [-0.2, 0) is 4.79 Å². The summed E-state index contributed by atoms with van der Waals surface area (Å²) in [4.78, 5) is 18.2. The fourth-order valence-electron chi connectivity index (χ4n) is 2.65. The molecule has 3 aromatic rings. The number of benzene rings is 2. The number of hydrogen-bond acceptors (Lipinski definition) is 3. The maximum atomic E-state index is 12.4. The van der Waals surface area contributed by atoms with Crippen LogP contribution in [0.4, 0.5) is 5.69 Å². The topological polar surface area (TPSA) is 46.4 Å². The first-order chi connectivity index (χ1) is 11.9. The van der Waals surface area contributed by atoms with Crippen LogP contribution in [0.15, 0.2) is 42.5 Å². The lowest BCUT2D eigenvalue weighted by Crippen LogP contribution is -3.10. The van der Waals surface area contributed by atoms with Gasteiger partial charge in [-0.05, 0) is 49.7 Å². The van der Waals surface area contributed by atoms with E-state index in [2.05, 4.69) is 18.3 Å². The molecule has 2 aromatic carbocycles. The van der Waals surface area contributed by atoms with Gasteiger partial charge in [0, 0.05) is 10.7 Å². The molecule has 0 radical (unpaired) electrons. The fraction of sp³-hybridized carbons (Fsp3) is 0.263. The number of quaternary nitrogens is 1. The predicted molar refractivity (Wildman–Crippen MR) is 105 cm³/mol. The molecule has 0 fully saturated rings. The summed E-state index contributed by atoms with van der Waals surface area (Å²) in [6.07, 6.45) is 0. The molecule has 0 aliphatic carbocycles. The third-order valence-corrected chi connectivity index (χ3v) is 5.78. The number of hydrogen-bond donors (Lipinski definition) is 2. The maximum absolute atomic E-state index is 12.4. The van der Waals surface area contributed by atoms with Crippen molar-refractivity contribution >= 4 is 44.7 Å². The summed E-state index contributed by atoms with van der Waals surface area (Å²) in [5, 5.41) is 4.69. The molecular weight excluding hydrogens is 354 g/mol. The number of nitrogens with zero attached hydrogens (tertiary/aromatic N) is 1. The molecule has 0 aliphatic rings. The lowest BCUT2D eigenvalue weighted by atomic mass is 10.2. The fourth-order valence-corrected chi connectivity index (χ4v) is 3.99. The molecule has 6 heteroatoms. The van der Waals surface area contributed by atoms with Crippen LogP contribution < -0.4 is 10.2 Å². The molecule has 1 amide bonds. The molecule has 0 saturated carbocycles. The van der Waals surface area contributed by atoms with Gasteiger partial charge in [0.25, 0.3) is 5.91 Å². The van der Waals surface area contributed by atoms with E-state index in [0.29, 0.717) is 11.6 Å². The molecular formula is C19H21ClN3OS+. The summed E-state index contributed by atoms with van der Waals surface area (Å²) in [6, 6.07) is 13.7. The van der Waals surface area contributed by atoms with E-state index < -0.39 is 0 Å². The highest BCUT2D eigenvalue weighted by Gasteiger charge is 2.22. The molecule has 130 valence electrons. The molecule has 2 N–H and O–H groups in total. The van der Waals surface area contributed by atoms with Crippen molar-refractivity contribution in [3.8, 4) is 0 Å². The highest BCUT2D eigenvalue weighted by molar-refractivity contribution is 7.18. The van der Waals surface area contributed by atoms with Crippen molar-refractivity contribution in [3.63, 3.8) is 0 Å². The molecule has 0 saturated heterocycles. The van der Waals surface area contributed by atoms with Gasteiger partial charge in [-0.3, -0.25) is 4.79 Å². The van der Waals surface area contributed by atoms with Crippen LogP contribution in [-0.4, -0.2) is 24.5 Å². The number of thiazole rings is 1. The second-order valence-electron chi connectivity index (χ2n) is 6.27. The van der Waals surface area contributed by atoms with E-state index in [1.54, 1.807) is 17.4 Å². The first-order valence-electron chi connectivity index (χ1n) is 8.18. The highest BCUT2D eigenvalue weighted by Crippen LogP contribution is 2.24. The summed E-state index contributed by atoms with van der Waals surface area (Å²) in [5.41, 5.74) is 2.77. The van der Waals surface area contributed by atoms with Crippen molar-refractivity contribution in [3.05, 3.63) is 58.1 Å². The number of nitrogens with one attached hydrogen (secondary N) is 2. The largest absolute Gasteiger partial charge is 0.322 e. The SMILES string of the molecule is Cc1cc(Cl)ccc1NC(=O)C[NH+](C)[C@H](C)c1nc2ccccc2s1.